The Morgan fingerprint density at radius 1 is 1.18 bits per heavy atom. The van der Waals surface area contributed by atoms with Crippen LogP contribution < -0.4 is 10.2 Å². The molecule has 0 saturated carbocycles. The monoisotopic (exact) mass is 399 g/mol. The van der Waals surface area contributed by atoms with Crippen LogP contribution in [-0.4, -0.2) is 31.1 Å². The summed E-state index contributed by atoms with van der Waals surface area (Å²) in [7, 11) is -3.69. The van der Waals surface area contributed by atoms with E-state index in [-0.39, 0.29) is 11.4 Å². The number of nitrogens with one attached hydrogen (secondary N) is 3. The maximum absolute atomic E-state index is 12.6. The largest absolute Gasteiger partial charge is 0.358 e. The molecule has 0 fully saturated rings. The third-order valence-electron chi connectivity index (χ3n) is 4.40. The van der Waals surface area contributed by atoms with E-state index in [1.54, 1.807) is 12.1 Å². The van der Waals surface area contributed by atoms with Gasteiger partial charge in [0.25, 0.3) is 5.91 Å². The molecule has 146 valence electrons. The summed E-state index contributed by atoms with van der Waals surface area (Å²) in [5.41, 5.74) is 5.15. The summed E-state index contributed by atoms with van der Waals surface area (Å²) in [5, 5.41) is 9.59. The topological polar surface area (TPSA) is 111 Å². The summed E-state index contributed by atoms with van der Waals surface area (Å²) < 4.78 is 27.8. The van der Waals surface area contributed by atoms with Crippen molar-refractivity contribution in [2.45, 2.75) is 18.2 Å². The number of aromatic nitrogens is 1. The summed E-state index contributed by atoms with van der Waals surface area (Å²) in [6.07, 6.45) is 3.09. The Morgan fingerprint density at radius 2 is 1.96 bits per heavy atom. The molecule has 1 heterocycles. The zero-order valence-electron chi connectivity index (χ0n) is 15.3. The summed E-state index contributed by atoms with van der Waals surface area (Å²) in [5.74, 6) is -0.694. The van der Waals surface area contributed by atoms with Gasteiger partial charge in [0, 0.05) is 29.2 Å². The first-order valence-corrected chi connectivity index (χ1v) is 10.2. The van der Waals surface area contributed by atoms with Crippen molar-refractivity contribution in [2.75, 3.05) is 6.54 Å². The molecular formula is C20H21N3O4S. The number of benzene rings is 2. The summed E-state index contributed by atoms with van der Waals surface area (Å²) in [6.45, 7) is 2.24. The molecule has 0 spiro atoms. The average Bonchev–Trinajstić information content (AvgIpc) is 3.01. The molecule has 2 aromatic carbocycles. The van der Waals surface area contributed by atoms with Gasteiger partial charge in [-0.3, -0.25) is 10.0 Å². The van der Waals surface area contributed by atoms with Crippen molar-refractivity contribution in [1.29, 1.82) is 0 Å². The van der Waals surface area contributed by atoms with Gasteiger partial charge >= 0.3 is 0 Å². The van der Waals surface area contributed by atoms with Gasteiger partial charge in [-0.15, -0.1) is 0 Å². The molecule has 4 N–H and O–H groups in total. The molecule has 0 saturated heterocycles. The number of aromatic amines is 1. The minimum atomic E-state index is -3.69. The van der Waals surface area contributed by atoms with Gasteiger partial charge in [0.15, 0.2) is 0 Å². The van der Waals surface area contributed by atoms with Gasteiger partial charge in [0.05, 0.1) is 4.90 Å². The van der Waals surface area contributed by atoms with Crippen molar-refractivity contribution < 1.29 is 18.4 Å². The van der Waals surface area contributed by atoms with Crippen LogP contribution in [0.3, 0.4) is 0 Å². The van der Waals surface area contributed by atoms with E-state index < -0.39 is 15.9 Å². The molecule has 0 bridgehead atoms. The molecule has 3 aromatic rings. The van der Waals surface area contributed by atoms with Gasteiger partial charge in [-0.25, -0.2) is 18.6 Å². The number of fused-ring (bicyclic) bond motifs is 1. The Balaban J connectivity index is 1.71. The molecule has 28 heavy (non-hydrogen) atoms. The van der Waals surface area contributed by atoms with E-state index in [1.165, 1.54) is 23.7 Å². The number of aryl methyl sites for hydroxylation is 1. The molecule has 0 aliphatic heterocycles. The van der Waals surface area contributed by atoms with Crippen molar-refractivity contribution in [3.8, 4) is 0 Å². The molecule has 0 aliphatic carbocycles. The minimum Gasteiger partial charge on any atom is -0.358 e. The van der Waals surface area contributed by atoms with Gasteiger partial charge in [0.1, 0.15) is 0 Å². The molecule has 0 aliphatic rings. The summed E-state index contributed by atoms with van der Waals surface area (Å²) >= 11 is 0. The Hall–Kier alpha value is -2.94. The number of rotatable bonds is 7. The average molecular weight is 399 g/mol. The van der Waals surface area contributed by atoms with Crippen LogP contribution in [0.25, 0.3) is 17.0 Å². The van der Waals surface area contributed by atoms with E-state index in [2.05, 4.69) is 9.71 Å². The third kappa shape index (κ3) is 4.48. The van der Waals surface area contributed by atoms with Crippen molar-refractivity contribution in [1.82, 2.24) is 15.2 Å². The van der Waals surface area contributed by atoms with Crippen molar-refractivity contribution in [3.05, 3.63) is 71.4 Å². The van der Waals surface area contributed by atoms with Gasteiger partial charge in [0.2, 0.25) is 10.0 Å². The molecule has 1 aromatic heterocycles. The van der Waals surface area contributed by atoms with Crippen LogP contribution in [0.2, 0.25) is 0 Å². The zero-order valence-corrected chi connectivity index (χ0v) is 16.1. The number of H-pyrrole nitrogens is 1. The first-order chi connectivity index (χ1) is 13.4. The minimum absolute atomic E-state index is 0.106. The van der Waals surface area contributed by atoms with E-state index in [0.29, 0.717) is 12.0 Å². The number of hydrogen-bond donors (Lipinski definition) is 4. The Morgan fingerprint density at radius 3 is 2.75 bits per heavy atom. The predicted molar refractivity (Wildman–Crippen MR) is 107 cm³/mol. The smallest absolute Gasteiger partial charge is 0.267 e. The van der Waals surface area contributed by atoms with Gasteiger partial charge in [-0.05, 0) is 48.7 Å². The van der Waals surface area contributed by atoms with Crippen LogP contribution >= 0.6 is 0 Å². The highest BCUT2D eigenvalue weighted by Gasteiger charge is 2.15. The fourth-order valence-corrected chi connectivity index (χ4v) is 4.13. The second kappa shape index (κ2) is 8.39. The normalized spacial score (nSPS) is 11.9. The van der Waals surface area contributed by atoms with E-state index >= 15 is 0 Å². The van der Waals surface area contributed by atoms with Gasteiger partial charge in [-0.1, -0.05) is 30.3 Å². The lowest BCUT2D eigenvalue weighted by atomic mass is 10.1. The highest BCUT2D eigenvalue weighted by Crippen LogP contribution is 2.22. The van der Waals surface area contributed by atoms with Crippen LogP contribution in [0.4, 0.5) is 0 Å². The predicted octanol–water partition coefficient (Wildman–Crippen LogP) is 2.52. The maximum atomic E-state index is 12.6. The highest BCUT2D eigenvalue weighted by molar-refractivity contribution is 7.89. The number of para-hydroxylation sites is 1. The van der Waals surface area contributed by atoms with Crippen LogP contribution in [0.1, 0.15) is 16.8 Å². The second-order valence-electron chi connectivity index (χ2n) is 6.30. The molecule has 7 nitrogen and oxygen atoms in total. The van der Waals surface area contributed by atoms with E-state index in [4.69, 9.17) is 5.21 Å². The first kappa shape index (κ1) is 19.8. The Labute approximate surface area is 163 Å². The fraction of sp³-hybridized carbons (Fsp3) is 0.150. The second-order valence-corrected chi connectivity index (χ2v) is 8.07. The number of carbonyl (C=O) groups is 1. The Kier molecular flexibility index (Phi) is 5.93. The maximum Gasteiger partial charge on any atom is 0.267 e. The molecule has 0 atom stereocenters. The quantitative estimate of drug-likeness (QED) is 0.278. The van der Waals surface area contributed by atoms with Gasteiger partial charge < -0.3 is 4.98 Å². The molecule has 0 unspecified atom stereocenters. The number of hydroxylamine groups is 1. The van der Waals surface area contributed by atoms with E-state index in [9.17, 15) is 13.2 Å². The fourth-order valence-electron chi connectivity index (χ4n) is 3.05. The van der Waals surface area contributed by atoms with Crippen molar-refractivity contribution in [3.63, 3.8) is 0 Å². The standard InChI is InChI=1S/C20H21N3O4S/c1-14-17(18-7-2-3-8-19(18)22-14)11-12-21-28(26,27)16-6-4-5-15(13-16)9-10-20(24)23-25/h2-10,13,21-22,25H,11-12H2,1H3,(H,23,24)/b10-9+. The number of sulfonamides is 1. The van der Waals surface area contributed by atoms with Crippen LogP contribution in [0, 0.1) is 6.92 Å². The molecule has 0 radical (unpaired) electrons. The molecule has 3 rings (SSSR count). The Bertz CT molecular complexity index is 1130. The van der Waals surface area contributed by atoms with Crippen molar-refractivity contribution >= 4 is 32.9 Å². The zero-order chi connectivity index (χ0) is 20.1. The molecule has 8 heteroatoms. The van der Waals surface area contributed by atoms with E-state index in [0.717, 1.165) is 28.2 Å². The first-order valence-electron chi connectivity index (χ1n) is 8.69. The summed E-state index contributed by atoms with van der Waals surface area (Å²) in [6, 6.07) is 14.1. The SMILES string of the molecule is Cc1[nH]c2ccccc2c1CCNS(=O)(=O)c1cccc(/C=C/C(=O)NO)c1. The number of carbonyl (C=O) groups excluding carboxylic acids is 1. The van der Waals surface area contributed by atoms with Gasteiger partial charge in [-0.2, -0.15) is 0 Å². The van der Waals surface area contributed by atoms with E-state index in [1.807, 2.05) is 31.2 Å². The lowest BCUT2D eigenvalue weighted by Crippen LogP contribution is -2.26. The van der Waals surface area contributed by atoms with Crippen LogP contribution in [0.15, 0.2) is 59.5 Å². The third-order valence-corrected chi connectivity index (χ3v) is 5.86. The lowest BCUT2D eigenvalue weighted by Gasteiger charge is -2.08. The summed E-state index contributed by atoms with van der Waals surface area (Å²) in [4.78, 5) is 14.5. The molecule has 1 amide bonds. The number of hydrogen-bond acceptors (Lipinski definition) is 4. The lowest BCUT2D eigenvalue weighted by molar-refractivity contribution is -0.124. The van der Waals surface area contributed by atoms with Crippen LogP contribution in [-0.2, 0) is 21.2 Å². The highest BCUT2D eigenvalue weighted by atomic mass is 32.2. The van der Waals surface area contributed by atoms with Crippen molar-refractivity contribution in [2.24, 2.45) is 0 Å². The molecular weight excluding hydrogens is 378 g/mol. The number of amides is 1. The van der Waals surface area contributed by atoms with Crippen LogP contribution in [0.5, 0.6) is 0 Å².